The molecule has 0 fully saturated rings. The Labute approximate surface area is 263 Å². The van der Waals surface area contributed by atoms with Gasteiger partial charge in [-0.25, -0.2) is 9.78 Å². The zero-order chi connectivity index (χ0) is 32.9. The van der Waals surface area contributed by atoms with Gasteiger partial charge in [-0.15, -0.1) is 0 Å². The van der Waals surface area contributed by atoms with Crippen LogP contribution in [0.15, 0.2) is 57.3 Å². The van der Waals surface area contributed by atoms with Gasteiger partial charge in [0, 0.05) is 48.5 Å². The number of benzene rings is 1. The van der Waals surface area contributed by atoms with Crippen LogP contribution in [-0.2, 0) is 11.3 Å². The summed E-state index contributed by atoms with van der Waals surface area (Å²) >= 11 is 0. The third kappa shape index (κ3) is 5.21. The number of nitrogens with zero attached hydrogens (tertiary/aromatic N) is 4. The molecule has 5 heterocycles. The number of hydrogen-bond donors (Lipinski definition) is 3. The van der Waals surface area contributed by atoms with E-state index in [9.17, 15) is 14.4 Å². The highest BCUT2D eigenvalue weighted by Crippen LogP contribution is 2.43. The monoisotopic (exact) mass is 631 g/mol. The van der Waals surface area contributed by atoms with E-state index in [1.807, 2.05) is 20.8 Å². The Morgan fingerprint density at radius 2 is 1.85 bits per heavy atom. The summed E-state index contributed by atoms with van der Waals surface area (Å²) in [5, 5.41) is 2.86. The smallest absolute Gasteiger partial charge is 0.484 e. The zero-order valence-electron chi connectivity index (χ0n) is 26.5. The van der Waals surface area contributed by atoms with E-state index in [1.54, 1.807) is 50.3 Å². The summed E-state index contributed by atoms with van der Waals surface area (Å²) < 4.78 is 40.6. The number of carbonyl (C=O) groups is 1. The maximum absolute atomic E-state index is 15.7. The Kier molecular flexibility index (Phi) is 7.91. The number of allylic oxidation sites excluding steroid dienone is 3. The van der Waals surface area contributed by atoms with Crippen LogP contribution in [0.1, 0.15) is 57.0 Å². The maximum Gasteiger partial charge on any atom is 0.737 e. The number of rotatable bonds is 10. The molecular formula is C32H36BF2N7O4. The number of nitrogens with one attached hydrogen (secondary N) is 3. The topological polar surface area (TPSA) is 130 Å². The number of halogens is 2. The number of aryl methyl sites for hydroxylation is 2. The molecule has 0 aliphatic carbocycles. The molecule has 0 atom stereocenters. The highest BCUT2D eigenvalue weighted by atomic mass is 19.2. The summed E-state index contributed by atoms with van der Waals surface area (Å²) in [6.07, 6.45) is 3.53. The second-order valence-electron chi connectivity index (χ2n) is 11.9. The van der Waals surface area contributed by atoms with Crippen molar-refractivity contribution in [3.63, 3.8) is 0 Å². The first kappa shape index (κ1) is 31.0. The van der Waals surface area contributed by atoms with Crippen LogP contribution in [-0.4, -0.2) is 60.2 Å². The minimum absolute atomic E-state index is 0.188. The normalized spacial score (nSPS) is 15.3. The van der Waals surface area contributed by atoms with Crippen LogP contribution in [0.2, 0.25) is 0 Å². The van der Waals surface area contributed by atoms with Crippen LogP contribution in [0.5, 0.6) is 5.75 Å². The summed E-state index contributed by atoms with van der Waals surface area (Å²) in [5.74, 6) is 0.577. The molecule has 4 aromatic rings. The lowest BCUT2D eigenvalue weighted by Crippen LogP contribution is -2.51. The van der Waals surface area contributed by atoms with Gasteiger partial charge in [0.2, 0.25) is 0 Å². The molecule has 0 radical (unpaired) electrons. The van der Waals surface area contributed by atoms with E-state index in [-0.39, 0.29) is 23.7 Å². The Hall–Kier alpha value is -5.01. The Balaban J connectivity index is 1.06. The largest absolute Gasteiger partial charge is 0.737 e. The number of fused-ring (bicyclic) bond motifs is 3. The van der Waals surface area contributed by atoms with Gasteiger partial charge in [-0.2, -0.15) is 0 Å². The number of amides is 1. The zero-order valence-corrected chi connectivity index (χ0v) is 26.5. The molecule has 1 amide bonds. The van der Waals surface area contributed by atoms with E-state index in [2.05, 4.69) is 20.3 Å². The molecule has 0 spiro atoms. The second-order valence-corrected chi connectivity index (χ2v) is 11.9. The predicted molar refractivity (Wildman–Crippen MR) is 173 cm³/mol. The number of ether oxygens (including phenoxy) is 1. The molecule has 0 bridgehead atoms. The van der Waals surface area contributed by atoms with Crippen molar-refractivity contribution < 1.29 is 22.6 Å². The lowest BCUT2D eigenvalue weighted by molar-refractivity contribution is -0.363. The highest BCUT2D eigenvalue weighted by molar-refractivity contribution is 6.58. The van der Waals surface area contributed by atoms with E-state index in [0.29, 0.717) is 72.3 Å². The lowest BCUT2D eigenvalue weighted by atomic mass is 9.85. The van der Waals surface area contributed by atoms with Gasteiger partial charge in [0.15, 0.2) is 18.0 Å². The maximum atomic E-state index is 15.7. The van der Waals surface area contributed by atoms with Gasteiger partial charge in [-0.1, -0.05) is 6.92 Å². The molecular weight excluding hydrogens is 595 g/mol. The van der Waals surface area contributed by atoms with Crippen LogP contribution in [0.4, 0.5) is 8.63 Å². The SMILES string of the molecule is CCCn1c(=O)[nH]c2nc(-c3ccc(OCC(=O)NCCCC4=C5C(C)=CC(C)=[N+]5[B-](F)(F)n5c(C)cc(C)c54)cc3)[nH]c2c1=O. The van der Waals surface area contributed by atoms with E-state index in [4.69, 9.17) is 4.74 Å². The van der Waals surface area contributed by atoms with E-state index < -0.39 is 18.2 Å². The average Bonchev–Trinajstić information content (AvgIpc) is 3.67. The standard InChI is InChI=1S/C32H36BF2N7O4/c1-6-14-40-31(44)26-30(39-32(40)45)38-29(37-26)22-9-11-23(12-10-22)46-17-25(43)36-13-7-8-24-27-18(2)15-20(4)41(27)33(34,35)42-21(5)16-19(3)28(24)42/h9-12,15-16H,6-8,13-14,17H2,1-5H3,(H,36,43)(H,37,38)(H,39,45). The van der Waals surface area contributed by atoms with Crippen molar-refractivity contribution >= 4 is 35.3 Å². The van der Waals surface area contributed by atoms with Gasteiger partial charge in [0.05, 0.1) is 0 Å². The minimum Gasteiger partial charge on any atom is -0.484 e. The van der Waals surface area contributed by atoms with Crippen molar-refractivity contribution in [2.24, 2.45) is 0 Å². The Bertz CT molecular complexity index is 2100. The van der Waals surface area contributed by atoms with Crippen molar-refractivity contribution in [3.05, 3.63) is 85.5 Å². The van der Waals surface area contributed by atoms with Crippen molar-refractivity contribution in [1.82, 2.24) is 29.3 Å². The van der Waals surface area contributed by atoms with Gasteiger partial charge in [-0.05, 0) is 81.6 Å². The van der Waals surface area contributed by atoms with Crippen LogP contribution in [0.25, 0.3) is 28.1 Å². The quantitative estimate of drug-likeness (QED) is 0.178. The van der Waals surface area contributed by atoms with E-state index in [0.717, 1.165) is 21.3 Å². The van der Waals surface area contributed by atoms with Gasteiger partial charge >= 0.3 is 12.7 Å². The van der Waals surface area contributed by atoms with Gasteiger partial charge in [-0.3, -0.25) is 19.1 Å². The third-order valence-electron chi connectivity index (χ3n) is 8.54. The number of imidazole rings is 1. The first-order valence-corrected chi connectivity index (χ1v) is 15.4. The van der Waals surface area contributed by atoms with Crippen LogP contribution >= 0.6 is 0 Å². The summed E-state index contributed by atoms with van der Waals surface area (Å²) in [7, 11) is 0. The molecule has 11 nitrogen and oxygen atoms in total. The minimum atomic E-state index is -4.00. The number of H-pyrrole nitrogens is 2. The van der Waals surface area contributed by atoms with Crippen LogP contribution in [0.3, 0.4) is 0 Å². The van der Waals surface area contributed by atoms with Crippen molar-refractivity contribution in [3.8, 4) is 17.1 Å². The lowest BCUT2D eigenvalue weighted by Gasteiger charge is -2.34. The number of aromatic nitrogens is 5. The first-order chi connectivity index (χ1) is 21.9. The fourth-order valence-corrected chi connectivity index (χ4v) is 6.65. The molecule has 6 rings (SSSR count). The van der Waals surface area contributed by atoms with Crippen LogP contribution < -0.4 is 21.3 Å². The highest BCUT2D eigenvalue weighted by Gasteiger charge is 2.54. The number of hydrogen-bond acceptors (Lipinski definition) is 5. The molecule has 14 heteroatoms. The fourth-order valence-electron chi connectivity index (χ4n) is 6.65. The molecule has 1 aromatic carbocycles. The average molecular weight is 631 g/mol. The van der Waals surface area contributed by atoms with Gasteiger partial charge in [0.25, 0.3) is 11.5 Å². The second kappa shape index (κ2) is 11.7. The van der Waals surface area contributed by atoms with Gasteiger partial charge < -0.3 is 32.6 Å². The molecule has 2 aliphatic rings. The molecule has 0 unspecified atom stereocenters. The van der Waals surface area contributed by atoms with Crippen molar-refractivity contribution in [2.45, 2.75) is 60.4 Å². The van der Waals surface area contributed by atoms with Gasteiger partial charge in [0.1, 0.15) is 22.8 Å². The molecule has 2 aliphatic heterocycles. The third-order valence-corrected chi connectivity index (χ3v) is 8.54. The molecule has 0 saturated heterocycles. The molecule has 240 valence electrons. The molecule has 46 heavy (non-hydrogen) atoms. The predicted octanol–water partition coefficient (Wildman–Crippen LogP) is 4.26. The van der Waals surface area contributed by atoms with Crippen LogP contribution in [0, 0.1) is 13.8 Å². The number of carbonyl (C=O) groups excluding carboxylic acids is 1. The molecule has 0 saturated carbocycles. The molecule has 3 aromatic heterocycles. The summed E-state index contributed by atoms with van der Waals surface area (Å²) in [6.45, 7) is 5.49. The van der Waals surface area contributed by atoms with E-state index >= 15 is 8.63 Å². The Morgan fingerprint density at radius 1 is 1.11 bits per heavy atom. The van der Waals surface area contributed by atoms with Crippen molar-refractivity contribution in [2.75, 3.05) is 13.2 Å². The summed E-state index contributed by atoms with van der Waals surface area (Å²) in [5.41, 5.74) is 4.82. The molecule has 3 N–H and O–H groups in total. The van der Waals surface area contributed by atoms with Crippen molar-refractivity contribution in [1.29, 1.82) is 0 Å². The number of aromatic amines is 2. The van der Waals surface area contributed by atoms with E-state index in [1.165, 1.54) is 8.96 Å². The Morgan fingerprint density at radius 3 is 2.57 bits per heavy atom. The fraction of sp³-hybridized carbons (Fsp3) is 0.344. The first-order valence-electron chi connectivity index (χ1n) is 15.4. The summed E-state index contributed by atoms with van der Waals surface area (Å²) in [4.78, 5) is 47.5. The summed E-state index contributed by atoms with van der Waals surface area (Å²) in [6, 6.07) is 8.64.